The number of aromatic nitrogens is 3. The highest BCUT2D eigenvalue weighted by Crippen LogP contribution is 2.37. The number of rotatable bonds is 4. The molecule has 0 saturated heterocycles. The molecule has 0 aliphatic carbocycles. The van der Waals surface area contributed by atoms with E-state index in [0.29, 0.717) is 0 Å². The standard InChI is InChI=1S/C18H15F5N4O/c1-9(28-15-13(19)7-10(24)8-14(15)20)16-25-26-17(27(16)2)11-5-3-4-6-12(11)18(21,22)23/h3-9H,24H2,1-2H3/t9-/m0/s1. The van der Waals surface area contributed by atoms with Crippen LogP contribution < -0.4 is 10.5 Å². The molecular weight excluding hydrogens is 383 g/mol. The first-order valence-electron chi connectivity index (χ1n) is 8.06. The molecule has 2 aromatic carbocycles. The Kier molecular flexibility index (Phi) is 4.97. The summed E-state index contributed by atoms with van der Waals surface area (Å²) in [6.45, 7) is 1.44. The van der Waals surface area contributed by atoms with Gasteiger partial charge in [-0.2, -0.15) is 13.2 Å². The van der Waals surface area contributed by atoms with Crippen LogP contribution in [0, 0.1) is 11.6 Å². The predicted octanol–water partition coefficient (Wildman–Crippen LogP) is 4.50. The van der Waals surface area contributed by atoms with Gasteiger partial charge in [0.15, 0.2) is 35.1 Å². The molecule has 10 heteroatoms. The summed E-state index contributed by atoms with van der Waals surface area (Å²) >= 11 is 0. The van der Waals surface area contributed by atoms with Crippen LogP contribution >= 0.6 is 0 Å². The SMILES string of the molecule is C[C@H](Oc1c(F)cc(N)cc1F)c1nnc(-c2ccccc2C(F)(F)F)n1C. The third kappa shape index (κ3) is 3.62. The van der Waals surface area contributed by atoms with E-state index in [1.807, 2.05) is 0 Å². The van der Waals surface area contributed by atoms with Gasteiger partial charge in [-0.25, -0.2) is 8.78 Å². The lowest BCUT2D eigenvalue weighted by Crippen LogP contribution is -2.13. The van der Waals surface area contributed by atoms with Crippen molar-refractivity contribution in [1.29, 1.82) is 0 Å². The molecule has 1 heterocycles. The number of benzene rings is 2. The van der Waals surface area contributed by atoms with Crippen molar-refractivity contribution in [3.8, 4) is 17.1 Å². The average molecular weight is 398 g/mol. The maximum Gasteiger partial charge on any atom is 0.417 e. The molecule has 0 aliphatic rings. The molecule has 0 radical (unpaired) electrons. The summed E-state index contributed by atoms with van der Waals surface area (Å²) in [7, 11) is 1.44. The molecule has 0 bridgehead atoms. The van der Waals surface area contributed by atoms with E-state index in [0.717, 1.165) is 18.2 Å². The Balaban J connectivity index is 1.97. The molecule has 3 rings (SSSR count). The second-order valence-electron chi connectivity index (χ2n) is 6.06. The van der Waals surface area contributed by atoms with Gasteiger partial charge in [-0.15, -0.1) is 10.2 Å². The van der Waals surface area contributed by atoms with E-state index in [2.05, 4.69) is 10.2 Å². The van der Waals surface area contributed by atoms with Gasteiger partial charge >= 0.3 is 6.18 Å². The fourth-order valence-corrected chi connectivity index (χ4v) is 2.78. The number of hydrogen-bond donors (Lipinski definition) is 1. The summed E-state index contributed by atoms with van der Waals surface area (Å²) in [5.74, 6) is -2.65. The Bertz CT molecular complexity index is 992. The summed E-state index contributed by atoms with van der Waals surface area (Å²) in [5, 5.41) is 7.65. The molecule has 5 nitrogen and oxygen atoms in total. The van der Waals surface area contributed by atoms with E-state index in [-0.39, 0.29) is 22.9 Å². The summed E-state index contributed by atoms with van der Waals surface area (Å²) in [6, 6.07) is 6.70. The first-order chi connectivity index (χ1) is 13.1. The molecule has 2 N–H and O–H groups in total. The normalized spacial score (nSPS) is 12.8. The molecule has 0 aliphatic heterocycles. The zero-order valence-electron chi connectivity index (χ0n) is 14.8. The van der Waals surface area contributed by atoms with Crippen molar-refractivity contribution in [2.45, 2.75) is 19.2 Å². The molecule has 0 spiro atoms. The minimum Gasteiger partial charge on any atom is -0.477 e. The summed E-state index contributed by atoms with van der Waals surface area (Å²) in [5.41, 5.74) is 4.20. The number of nitrogen functional groups attached to an aromatic ring is 1. The Morgan fingerprint density at radius 1 is 1.07 bits per heavy atom. The van der Waals surface area contributed by atoms with Crippen LogP contribution in [0.5, 0.6) is 5.75 Å². The van der Waals surface area contributed by atoms with Crippen LogP contribution in [0.4, 0.5) is 27.6 Å². The number of halogens is 5. The van der Waals surface area contributed by atoms with Crippen molar-refractivity contribution in [3.05, 3.63) is 59.4 Å². The highest BCUT2D eigenvalue weighted by Gasteiger charge is 2.35. The van der Waals surface area contributed by atoms with E-state index in [1.54, 1.807) is 0 Å². The average Bonchev–Trinajstić information content (AvgIpc) is 2.98. The molecule has 148 valence electrons. The van der Waals surface area contributed by atoms with E-state index in [9.17, 15) is 22.0 Å². The molecular formula is C18H15F5N4O. The maximum atomic E-state index is 13.9. The lowest BCUT2D eigenvalue weighted by Gasteiger charge is -2.16. The van der Waals surface area contributed by atoms with Crippen LogP contribution in [0.3, 0.4) is 0 Å². The Morgan fingerprint density at radius 3 is 2.29 bits per heavy atom. The Hall–Kier alpha value is -3.17. The van der Waals surface area contributed by atoms with E-state index in [1.165, 1.54) is 36.7 Å². The van der Waals surface area contributed by atoms with Crippen molar-refractivity contribution in [3.63, 3.8) is 0 Å². The van der Waals surface area contributed by atoms with Crippen LogP contribution in [0.1, 0.15) is 24.4 Å². The third-order valence-corrected chi connectivity index (χ3v) is 4.06. The third-order valence-electron chi connectivity index (χ3n) is 4.06. The molecule has 0 unspecified atom stereocenters. The summed E-state index contributed by atoms with van der Waals surface area (Å²) in [6.07, 6.45) is -5.59. The quantitative estimate of drug-likeness (QED) is 0.519. The number of alkyl halides is 3. The number of nitrogens with zero attached hydrogens (tertiary/aromatic N) is 3. The van der Waals surface area contributed by atoms with Crippen LogP contribution in [0.25, 0.3) is 11.4 Å². The van der Waals surface area contributed by atoms with Crippen LogP contribution in [-0.2, 0) is 13.2 Å². The molecule has 28 heavy (non-hydrogen) atoms. The van der Waals surface area contributed by atoms with Gasteiger partial charge in [0, 0.05) is 30.4 Å². The van der Waals surface area contributed by atoms with Crippen LogP contribution in [0.15, 0.2) is 36.4 Å². The second kappa shape index (κ2) is 7.10. The molecule has 0 saturated carbocycles. The lowest BCUT2D eigenvalue weighted by atomic mass is 10.1. The number of nitrogens with two attached hydrogens (primary N) is 1. The first kappa shape index (κ1) is 19.6. The minimum absolute atomic E-state index is 0.0587. The zero-order valence-corrected chi connectivity index (χ0v) is 14.8. The first-order valence-corrected chi connectivity index (χ1v) is 8.06. The van der Waals surface area contributed by atoms with Gasteiger partial charge in [-0.3, -0.25) is 0 Å². The maximum absolute atomic E-state index is 13.9. The van der Waals surface area contributed by atoms with Crippen molar-refractivity contribution < 1.29 is 26.7 Å². The van der Waals surface area contributed by atoms with E-state index < -0.39 is 35.2 Å². The molecule has 1 aromatic heterocycles. The second-order valence-corrected chi connectivity index (χ2v) is 6.06. The van der Waals surface area contributed by atoms with Gasteiger partial charge in [0.1, 0.15) is 0 Å². The van der Waals surface area contributed by atoms with Crippen molar-refractivity contribution >= 4 is 5.69 Å². The van der Waals surface area contributed by atoms with Gasteiger partial charge in [-0.05, 0) is 13.0 Å². The van der Waals surface area contributed by atoms with Gasteiger partial charge in [0.25, 0.3) is 0 Å². The Labute approximate surface area is 156 Å². The zero-order chi connectivity index (χ0) is 20.6. The van der Waals surface area contributed by atoms with Crippen LogP contribution in [-0.4, -0.2) is 14.8 Å². The fraction of sp³-hybridized carbons (Fsp3) is 0.222. The minimum atomic E-state index is -4.58. The monoisotopic (exact) mass is 398 g/mol. The largest absolute Gasteiger partial charge is 0.477 e. The lowest BCUT2D eigenvalue weighted by molar-refractivity contribution is -0.137. The number of ether oxygens (including phenoxy) is 1. The van der Waals surface area contributed by atoms with Gasteiger partial charge < -0.3 is 15.0 Å². The number of anilines is 1. The molecule has 3 aromatic rings. The summed E-state index contributed by atoms with van der Waals surface area (Å²) in [4.78, 5) is 0. The van der Waals surface area contributed by atoms with Gasteiger partial charge in [0.2, 0.25) is 0 Å². The number of hydrogen-bond acceptors (Lipinski definition) is 4. The van der Waals surface area contributed by atoms with Gasteiger partial charge in [0.05, 0.1) is 5.56 Å². The highest BCUT2D eigenvalue weighted by molar-refractivity contribution is 5.61. The van der Waals surface area contributed by atoms with E-state index >= 15 is 0 Å². The van der Waals surface area contributed by atoms with Crippen molar-refractivity contribution in [1.82, 2.24) is 14.8 Å². The molecule has 1 atom stereocenters. The topological polar surface area (TPSA) is 66.0 Å². The van der Waals surface area contributed by atoms with Crippen molar-refractivity contribution in [2.24, 2.45) is 7.05 Å². The Morgan fingerprint density at radius 2 is 1.68 bits per heavy atom. The molecule has 0 fully saturated rings. The predicted molar refractivity (Wildman–Crippen MR) is 91.3 cm³/mol. The molecule has 0 amide bonds. The van der Waals surface area contributed by atoms with Crippen molar-refractivity contribution in [2.75, 3.05) is 5.73 Å². The van der Waals surface area contributed by atoms with E-state index in [4.69, 9.17) is 10.5 Å². The smallest absolute Gasteiger partial charge is 0.417 e. The fourth-order valence-electron chi connectivity index (χ4n) is 2.78. The summed E-state index contributed by atoms with van der Waals surface area (Å²) < 4.78 is 74.2. The van der Waals surface area contributed by atoms with Crippen LogP contribution in [0.2, 0.25) is 0 Å². The van der Waals surface area contributed by atoms with Gasteiger partial charge in [-0.1, -0.05) is 18.2 Å². The highest BCUT2D eigenvalue weighted by atomic mass is 19.4.